The Labute approximate surface area is 106 Å². The highest BCUT2D eigenvalue weighted by molar-refractivity contribution is 4.89. The topological polar surface area (TPSA) is 41.7 Å². The zero-order valence-electron chi connectivity index (χ0n) is 12.2. The summed E-state index contributed by atoms with van der Waals surface area (Å²) in [5, 5.41) is 0. The first kappa shape index (κ1) is 14.9. The number of piperazine rings is 1. The second-order valence-electron chi connectivity index (χ2n) is 6.00. The number of nitrogens with two attached hydrogens (primary N) is 1. The maximum atomic E-state index is 6.24. The van der Waals surface area contributed by atoms with E-state index in [9.17, 15) is 0 Å². The number of hydrogen-bond donors (Lipinski definition) is 1. The van der Waals surface area contributed by atoms with E-state index in [2.05, 4.69) is 44.5 Å². The molecule has 4 nitrogen and oxygen atoms in total. The summed E-state index contributed by atoms with van der Waals surface area (Å²) >= 11 is 0. The minimum atomic E-state index is -0.254. The maximum Gasteiger partial charge on any atom is 0.0785 e. The van der Waals surface area contributed by atoms with Gasteiger partial charge in [-0.3, -0.25) is 9.80 Å². The zero-order chi connectivity index (χ0) is 13.2. The predicted octanol–water partition coefficient (Wildman–Crippen LogP) is 0.763. The van der Waals surface area contributed by atoms with Crippen LogP contribution in [-0.2, 0) is 4.74 Å². The zero-order valence-corrected chi connectivity index (χ0v) is 12.2. The van der Waals surface area contributed by atoms with Crippen LogP contribution in [0.5, 0.6) is 0 Å². The monoisotopic (exact) mass is 243 g/mol. The molecule has 0 saturated carbocycles. The van der Waals surface area contributed by atoms with Crippen molar-refractivity contribution in [3.8, 4) is 0 Å². The van der Waals surface area contributed by atoms with E-state index in [1.54, 1.807) is 7.11 Å². The number of nitrogens with zero attached hydrogens (tertiary/aromatic N) is 2. The largest absolute Gasteiger partial charge is 0.377 e. The molecule has 1 aliphatic rings. The molecule has 1 aliphatic heterocycles. The quantitative estimate of drug-likeness (QED) is 0.792. The molecule has 102 valence electrons. The van der Waals surface area contributed by atoms with Gasteiger partial charge in [0.15, 0.2) is 0 Å². The van der Waals surface area contributed by atoms with Gasteiger partial charge in [0, 0.05) is 44.9 Å². The number of methoxy groups -OCH3 is 1. The average Bonchev–Trinajstić information content (AvgIpc) is 2.25. The normalized spacial score (nSPS) is 30.5. The lowest BCUT2D eigenvalue weighted by atomic mass is 9.98. The molecule has 1 heterocycles. The molecule has 2 N–H and O–H groups in total. The van der Waals surface area contributed by atoms with Crippen LogP contribution in [0.25, 0.3) is 0 Å². The second-order valence-corrected chi connectivity index (χ2v) is 6.00. The van der Waals surface area contributed by atoms with E-state index in [0.717, 1.165) is 19.6 Å². The molecule has 1 saturated heterocycles. The van der Waals surface area contributed by atoms with Gasteiger partial charge in [-0.05, 0) is 34.7 Å². The van der Waals surface area contributed by atoms with Crippen molar-refractivity contribution in [3.63, 3.8) is 0 Å². The molecular weight excluding hydrogens is 214 g/mol. The van der Waals surface area contributed by atoms with Crippen molar-refractivity contribution in [1.29, 1.82) is 0 Å². The van der Waals surface area contributed by atoms with Crippen molar-refractivity contribution in [3.05, 3.63) is 0 Å². The van der Waals surface area contributed by atoms with Crippen molar-refractivity contribution >= 4 is 0 Å². The molecule has 0 aromatic heterocycles. The molecule has 3 unspecified atom stereocenters. The van der Waals surface area contributed by atoms with E-state index < -0.39 is 0 Å². The fraction of sp³-hybridized carbons (Fsp3) is 1.00. The Kier molecular flexibility index (Phi) is 4.95. The van der Waals surface area contributed by atoms with Gasteiger partial charge >= 0.3 is 0 Å². The molecule has 1 fully saturated rings. The van der Waals surface area contributed by atoms with Gasteiger partial charge in [-0.15, -0.1) is 0 Å². The molecule has 4 heteroatoms. The molecule has 17 heavy (non-hydrogen) atoms. The van der Waals surface area contributed by atoms with Crippen molar-refractivity contribution < 1.29 is 4.74 Å². The van der Waals surface area contributed by atoms with Gasteiger partial charge in [-0.1, -0.05) is 0 Å². The van der Waals surface area contributed by atoms with Crippen molar-refractivity contribution in [2.75, 3.05) is 33.8 Å². The van der Waals surface area contributed by atoms with Gasteiger partial charge in [0.1, 0.15) is 0 Å². The fourth-order valence-electron chi connectivity index (χ4n) is 2.31. The number of likely N-dealkylation sites (N-methyl/N-ethyl adjacent to an activating group) is 1. The minimum absolute atomic E-state index is 0.0512. The molecule has 3 atom stereocenters. The molecule has 0 amide bonds. The minimum Gasteiger partial charge on any atom is -0.377 e. The van der Waals surface area contributed by atoms with E-state index in [1.807, 2.05) is 0 Å². The SMILES string of the molecule is COC(C)(C)C(N)CN1CC(C)N(C)C(C)C1. The van der Waals surface area contributed by atoms with Gasteiger partial charge < -0.3 is 10.5 Å². The summed E-state index contributed by atoms with van der Waals surface area (Å²) in [5.41, 5.74) is 5.98. The van der Waals surface area contributed by atoms with E-state index in [-0.39, 0.29) is 11.6 Å². The molecule has 0 aromatic carbocycles. The standard InChI is InChI=1S/C13H29N3O/c1-10-7-16(8-11(2)15(10)5)9-12(14)13(3,4)17-6/h10-12H,7-9,14H2,1-6H3. The van der Waals surface area contributed by atoms with Crippen molar-refractivity contribution in [1.82, 2.24) is 9.80 Å². The summed E-state index contributed by atoms with van der Waals surface area (Å²) in [6, 6.07) is 1.24. The summed E-state index contributed by atoms with van der Waals surface area (Å²) in [6.07, 6.45) is 0. The lowest BCUT2D eigenvalue weighted by Crippen LogP contribution is -2.59. The van der Waals surface area contributed by atoms with Crippen molar-refractivity contribution in [2.45, 2.75) is 51.4 Å². The Morgan fingerprint density at radius 3 is 2.18 bits per heavy atom. The fourth-order valence-corrected chi connectivity index (χ4v) is 2.31. The predicted molar refractivity (Wildman–Crippen MR) is 72.2 cm³/mol. The lowest BCUT2D eigenvalue weighted by Gasteiger charge is -2.44. The summed E-state index contributed by atoms with van der Waals surface area (Å²) < 4.78 is 5.45. The highest BCUT2D eigenvalue weighted by Crippen LogP contribution is 2.17. The van der Waals surface area contributed by atoms with Crippen LogP contribution in [0.2, 0.25) is 0 Å². The van der Waals surface area contributed by atoms with Crippen LogP contribution in [-0.4, -0.2) is 67.3 Å². The third kappa shape index (κ3) is 3.65. The molecule has 0 aromatic rings. The van der Waals surface area contributed by atoms with Crippen LogP contribution in [0.1, 0.15) is 27.7 Å². The first-order valence-corrected chi connectivity index (χ1v) is 6.53. The van der Waals surface area contributed by atoms with Crippen LogP contribution in [0.3, 0.4) is 0 Å². The Balaban J connectivity index is 2.53. The third-order valence-electron chi connectivity index (χ3n) is 4.31. The van der Waals surface area contributed by atoms with Gasteiger partial charge in [0.25, 0.3) is 0 Å². The summed E-state index contributed by atoms with van der Waals surface area (Å²) in [7, 11) is 3.93. The summed E-state index contributed by atoms with van der Waals surface area (Å²) in [6.45, 7) is 11.7. The molecule has 1 rings (SSSR count). The van der Waals surface area contributed by atoms with Crippen LogP contribution in [0.4, 0.5) is 0 Å². The Bertz CT molecular complexity index is 233. The molecule has 0 spiro atoms. The molecule has 0 bridgehead atoms. The van der Waals surface area contributed by atoms with Crippen LogP contribution < -0.4 is 5.73 Å². The van der Waals surface area contributed by atoms with Gasteiger partial charge in [-0.25, -0.2) is 0 Å². The van der Waals surface area contributed by atoms with Gasteiger partial charge in [-0.2, -0.15) is 0 Å². The molecular formula is C13H29N3O. The third-order valence-corrected chi connectivity index (χ3v) is 4.31. The van der Waals surface area contributed by atoms with Gasteiger partial charge in [0.2, 0.25) is 0 Å². The van der Waals surface area contributed by atoms with Crippen LogP contribution >= 0.6 is 0 Å². The first-order chi connectivity index (χ1) is 7.77. The highest BCUT2D eigenvalue weighted by atomic mass is 16.5. The highest BCUT2D eigenvalue weighted by Gasteiger charge is 2.32. The second kappa shape index (κ2) is 5.65. The maximum absolute atomic E-state index is 6.24. The molecule has 0 aliphatic carbocycles. The summed E-state index contributed by atoms with van der Waals surface area (Å²) in [4.78, 5) is 4.89. The van der Waals surface area contributed by atoms with E-state index in [0.29, 0.717) is 12.1 Å². The Morgan fingerprint density at radius 1 is 1.29 bits per heavy atom. The smallest absolute Gasteiger partial charge is 0.0785 e. The van der Waals surface area contributed by atoms with Gasteiger partial charge in [0.05, 0.1) is 5.60 Å². The number of ether oxygens (including phenoxy) is 1. The number of rotatable bonds is 4. The van der Waals surface area contributed by atoms with E-state index in [4.69, 9.17) is 10.5 Å². The lowest BCUT2D eigenvalue weighted by molar-refractivity contribution is -0.0200. The van der Waals surface area contributed by atoms with Crippen LogP contribution in [0, 0.1) is 0 Å². The van der Waals surface area contributed by atoms with Crippen molar-refractivity contribution in [2.24, 2.45) is 5.73 Å². The Morgan fingerprint density at radius 2 is 1.76 bits per heavy atom. The average molecular weight is 243 g/mol. The van der Waals surface area contributed by atoms with Crippen LogP contribution in [0.15, 0.2) is 0 Å². The number of hydrogen-bond acceptors (Lipinski definition) is 4. The Hall–Kier alpha value is -0.160. The summed E-state index contributed by atoms with van der Waals surface area (Å²) in [5.74, 6) is 0. The first-order valence-electron chi connectivity index (χ1n) is 6.53. The van der Waals surface area contributed by atoms with E-state index >= 15 is 0 Å². The van der Waals surface area contributed by atoms with E-state index in [1.165, 1.54) is 0 Å². The molecule has 0 radical (unpaired) electrons.